The zero-order chi connectivity index (χ0) is 10.3. The van der Waals surface area contributed by atoms with Crippen molar-refractivity contribution in [3.63, 3.8) is 0 Å². The Hall–Kier alpha value is -0.730. The third-order valence-electron chi connectivity index (χ3n) is 2.45. The molecule has 0 radical (unpaired) electrons. The zero-order valence-electron chi connectivity index (χ0n) is 8.35. The van der Waals surface area contributed by atoms with E-state index in [4.69, 9.17) is 16.3 Å². The summed E-state index contributed by atoms with van der Waals surface area (Å²) in [5.74, 6) is 0.908. The van der Waals surface area contributed by atoms with Gasteiger partial charge in [0.2, 0.25) is 0 Å². The summed E-state index contributed by atoms with van der Waals surface area (Å²) in [6.45, 7) is 4.20. The summed E-state index contributed by atoms with van der Waals surface area (Å²) in [7, 11) is 1.69. The summed E-state index contributed by atoms with van der Waals surface area (Å²) < 4.78 is 6.45. The highest BCUT2D eigenvalue weighted by Gasteiger charge is 2.12. The van der Waals surface area contributed by atoms with Gasteiger partial charge in [-0.15, -0.1) is 11.3 Å². The highest BCUT2D eigenvalue weighted by atomic mass is 35.5. The highest BCUT2D eigenvalue weighted by Crippen LogP contribution is 2.40. The maximum absolute atomic E-state index is 6.16. The molecule has 0 amide bonds. The van der Waals surface area contributed by atoms with Crippen LogP contribution in [-0.4, -0.2) is 7.11 Å². The summed E-state index contributed by atoms with van der Waals surface area (Å²) in [5, 5.41) is 1.94. The molecular formula is C11H11ClOS. The summed E-state index contributed by atoms with van der Waals surface area (Å²) in [6.07, 6.45) is 0. The van der Waals surface area contributed by atoms with E-state index in [0.29, 0.717) is 0 Å². The van der Waals surface area contributed by atoms with Crippen molar-refractivity contribution in [2.75, 3.05) is 7.11 Å². The zero-order valence-corrected chi connectivity index (χ0v) is 9.92. The molecular weight excluding hydrogens is 216 g/mol. The molecule has 0 bridgehead atoms. The van der Waals surface area contributed by atoms with Crippen molar-refractivity contribution in [3.8, 4) is 5.75 Å². The number of ether oxygens (including phenoxy) is 1. The molecule has 1 aromatic heterocycles. The topological polar surface area (TPSA) is 9.23 Å². The third-order valence-corrected chi connectivity index (χ3v) is 3.99. The number of halogens is 1. The van der Waals surface area contributed by atoms with Gasteiger partial charge in [-0.1, -0.05) is 11.6 Å². The minimum absolute atomic E-state index is 0.808. The third kappa shape index (κ3) is 1.30. The average molecular weight is 227 g/mol. The molecule has 0 saturated carbocycles. The van der Waals surface area contributed by atoms with E-state index in [1.54, 1.807) is 18.4 Å². The Morgan fingerprint density at radius 1 is 1.29 bits per heavy atom. The SMILES string of the molecule is COc1ccc(Cl)c2c(C)c(C)sc12. The van der Waals surface area contributed by atoms with Crippen LogP contribution in [-0.2, 0) is 0 Å². The lowest BCUT2D eigenvalue weighted by Gasteiger charge is -2.02. The highest BCUT2D eigenvalue weighted by molar-refractivity contribution is 7.19. The van der Waals surface area contributed by atoms with E-state index in [2.05, 4.69) is 13.8 Å². The van der Waals surface area contributed by atoms with Gasteiger partial charge >= 0.3 is 0 Å². The van der Waals surface area contributed by atoms with E-state index in [1.807, 2.05) is 12.1 Å². The number of thiophene rings is 1. The normalized spacial score (nSPS) is 10.9. The van der Waals surface area contributed by atoms with Crippen molar-refractivity contribution >= 4 is 33.0 Å². The van der Waals surface area contributed by atoms with E-state index in [1.165, 1.54) is 10.4 Å². The van der Waals surface area contributed by atoms with E-state index >= 15 is 0 Å². The predicted molar refractivity (Wildman–Crippen MR) is 62.9 cm³/mol. The van der Waals surface area contributed by atoms with Crippen molar-refractivity contribution in [2.45, 2.75) is 13.8 Å². The first-order chi connectivity index (χ1) is 6.65. The Morgan fingerprint density at radius 3 is 2.64 bits per heavy atom. The van der Waals surface area contributed by atoms with Crippen molar-refractivity contribution in [3.05, 3.63) is 27.6 Å². The lowest BCUT2D eigenvalue weighted by Crippen LogP contribution is -1.82. The second-order valence-electron chi connectivity index (χ2n) is 3.24. The van der Waals surface area contributed by atoms with Gasteiger partial charge in [0.1, 0.15) is 5.75 Å². The molecule has 0 atom stereocenters. The Balaban J connectivity index is 2.91. The Labute approximate surface area is 92.3 Å². The summed E-state index contributed by atoms with van der Waals surface area (Å²) in [5.41, 5.74) is 1.26. The second kappa shape index (κ2) is 3.44. The fourth-order valence-corrected chi connectivity index (χ4v) is 3.09. The van der Waals surface area contributed by atoms with Gasteiger partial charge in [-0.2, -0.15) is 0 Å². The van der Waals surface area contributed by atoms with Crippen molar-refractivity contribution in [1.29, 1.82) is 0 Å². The van der Waals surface area contributed by atoms with Gasteiger partial charge in [-0.05, 0) is 31.5 Å². The number of hydrogen-bond acceptors (Lipinski definition) is 2. The van der Waals surface area contributed by atoms with Crippen molar-refractivity contribution < 1.29 is 4.74 Å². The Morgan fingerprint density at radius 2 is 2.00 bits per heavy atom. The fraction of sp³-hybridized carbons (Fsp3) is 0.273. The first kappa shape index (κ1) is 9.81. The van der Waals surface area contributed by atoms with Crippen LogP contribution in [0.2, 0.25) is 5.02 Å². The van der Waals surface area contributed by atoms with Gasteiger partial charge in [0.05, 0.1) is 11.8 Å². The minimum atomic E-state index is 0.808. The van der Waals surface area contributed by atoms with Crippen molar-refractivity contribution in [2.24, 2.45) is 0 Å². The van der Waals surface area contributed by atoms with Crippen molar-refractivity contribution in [1.82, 2.24) is 0 Å². The smallest absolute Gasteiger partial charge is 0.136 e. The molecule has 1 nitrogen and oxygen atoms in total. The maximum atomic E-state index is 6.16. The van der Waals surface area contributed by atoms with Crippen LogP contribution in [0.15, 0.2) is 12.1 Å². The van der Waals surface area contributed by atoms with Gasteiger partial charge in [-0.25, -0.2) is 0 Å². The van der Waals surface area contributed by atoms with Gasteiger partial charge in [0, 0.05) is 15.3 Å². The number of methoxy groups -OCH3 is 1. The molecule has 2 aromatic rings. The van der Waals surface area contributed by atoms with Crippen LogP contribution in [0.3, 0.4) is 0 Å². The van der Waals surface area contributed by atoms with E-state index in [9.17, 15) is 0 Å². The van der Waals surface area contributed by atoms with Gasteiger partial charge in [0.25, 0.3) is 0 Å². The monoisotopic (exact) mass is 226 g/mol. The molecule has 1 heterocycles. The Bertz CT molecular complexity index is 487. The Kier molecular flexibility index (Phi) is 2.41. The summed E-state index contributed by atoms with van der Waals surface area (Å²) in [4.78, 5) is 1.30. The molecule has 2 rings (SSSR count). The van der Waals surface area contributed by atoms with Crippen LogP contribution >= 0.6 is 22.9 Å². The van der Waals surface area contributed by atoms with Crippen LogP contribution in [0.5, 0.6) is 5.75 Å². The quantitative estimate of drug-likeness (QED) is 0.709. The number of rotatable bonds is 1. The first-order valence-electron chi connectivity index (χ1n) is 4.37. The standard InChI is InChI=1S/C11H11ClOS/c1-6-7(2)14-11-9(13-3)5-4-8(12)10(6)11/h4-5H,1-3H3. The van der Waals surface area contributed by atoms with Crippen LogP contribution in [0, 0.1) is 13.8 Å². The molecule has 0 fully saturated rings. The first-order valence-corrected chi connectivity index (χ1v) is 5.56. The molecule has 0 saturated heterocycles. The van der Waals surface area contributed by atoms with Gasteiger partial charge in [-0.3, -0.25) is 0 Å². The molecule has 0 aliphatic rings. The molecule has 0 unspecified atom stereocenters. The number of hydrogen-bond donors (Lipinski definition) is 0. The number of aryl methyl sites for hydroxylation is 2. The van der Waals surface area contributed by atoms with Crippen LogP contribution in [0.1, 0.15) is 10.4 Å². The molecule has 74 valence electrons. The molecule has 0 spiro atoms. The lowest BCUT2D eigenvalue weighted by molar-refractivity contribution is 0.420. The van der Waals surface area contributed by atoms with Crippen LogP contribution < -0.4 is 4.74 Å². The second-order valence-corrected chi connectivity index (χ2v) is 4.87. The molecule has 0 aliphatic heterocycles. The van der Waals surface area contributed by atoms with Gasteiger partial charge < -0.3 is 4.74 Å². The molecule has 14 heavy (non-hydrogen) atoms. The van der Waals surface area contributed by atoms with Crippen LogP contribution in [0.4, 0.5) is 0 Å². The molecule has 3 heteroatoms. The lowest BCUT2D eigenvalue weighted by atomic mass is 10.1. The molecule has 0 aliphatic carbocycles. The minimum Gasteiger partial charge on any atom is -0.495 e. The summed E-state index contributed by atoms with van der Waals surface area (Å²) in [6, 6.07) is 3.81. The summed E-state index contributed by atoms with van der Waals surface area (Å²) >= 11 is 7.89. The fourth-order valence-electron chi connectivity index (χ4n) is 1.56. The predicted octanol–water partition coefficient (Wildman–Crippen LogP) is 4.18. The van der Waals surface area contributed by atoms with Gasteiger partial charge in [0.15, 0.2) is 0 Å². The van der Waals surface area contributed by atoms with E-state index < -0.39 is 0 Å². The van der Waals surface area contributed by atoms with E-state index in [-0.39, 0.29) is 0 Å². The number of fused-ring (bicyclic) bond motifs is 1. The largest absolute Gasteiger partial charge is 0.495 e. The molecule has 1 aromatic carbocycles. The average Bonchev–Trinajstić information content (AvgIpc) is 2.45. The molecule has 0 N–H and O–H groups in total. The van der Waals surface area contributed by atoms with Crippen LogP contribution in [0.25, 0.3) is 10.1 Å². The maximum Gasteiger partial charge on any atom is 0.136 e. The number of benzene rings is 1. The van der Waals surface area contributed by atoms with E-state index in [0.717, 1.165) is 20.9 Å².